The first-order valence-corrected chi connectivity index (χ1v) is 7.07. The summed E-state index contributed by atoms with van der Waals surface area (Å²) < 4.78 is 9.56. The van der Waals surface area contributed by atoms with Crippen molar-refractivity contribution >= 4 is 11.9 Å². The van der Waals surface area contributed by atoms with Gasteiger partial charge >= 0.3 is 11.9 Å². The van der Waals surface area contributed by atoms with Crippen molar-refractivity contribution < 1.29 is 19.1 Å². The molecule has 0 amide bonds. The minimum absolute atomic E-state index is 0.0593. The van der Waals surface area contributed by atoms with E-state index in [0.717, 1.165) is 32.1 Å². The van der Waals surface area contributed by atoms with Crippen molar-refractivity contribution in [3.8, 4) is 0 Å². The van der Waals surface area contributed by atoms with E-state index in [2.05, 4.69) is 18.2 Å². The summed E-state index contributed by atoms with van der Waals surface area (Å²) in [6.45, 7) is 10.5. The Morgan fingerprint density at radius 3 is 1.89 bits per heavy atom. The second kappa shape index (κ2) is 16.7. The highest BCUT2D eigenvalue weighted by Crippen LogP contribution is 1.93. The van der Waals surface area contributed by atoms with Crippen molar-refractivity contribution in [2.45, 2.75) is 59.3 Å². The smallest absolute Gasteiger partial charge is 0.330 e. The molecule has 112 valence electrons. The quantitative estimate of drug-likeness (QED) is 0.365. The Morgan fingerprint density at radius 2 is 1.47 bits per heavy atom. The zero-order chi connectivity index (χ0) is 14.9. The molecule has 0 aromatic carbocycles. The molecule has 0 fully saturated rings. The van der Waals surface area contributed by atoms with Crippen molar-refractivity contribution in [3.05, 3.63) is 12.7 Å². The first kappa shape index (κ1) is 20.0. The number of hydrogen-bond donors (Lipinski definition) is 0. The van der Waals surface area contributed by atoms with Crippen LogP contribution in [0.15, 0.2) is 12.7 Å². The molecule has 0 spiro atoms. The van der Waals surface area contributed by atoms with Crippen LogP contribution >= 0.6 is 0 Å². The van der Waals surface area contributed by atoms with Crippen LogP contribution in [0.5, 0.6) is 0 Å². The van der Waals surface area contributed by atoms with E-state index in [-0.39, 0.29) is 11.9 Å². The average Bonchev–Trinajstić information content (AvgIpc) is 2.40. The van der Waals surface area contributed by atoms with Crippen molar-refractivity contribution in [3.63, 3.8) is 0 Å². The molecule has 0 aromatic heterocycles. The molecular formula is C15H28O4. The predicted molar refractivity (Wildman–Crippen MR) is 76.8 cm³/mol. The third kappa shape index (κ3) is 19.2. The maximum Gasteiger partial charge on any atom is 0.330 e. The van der Waals surface area contributed by atoms with Gasteiger partial charge in [0.25, 0.3) is 0 Å². The lowest BCUT2D eigenvalue weighted by Crippen LogP contribution is -2.04. The van der Waals surface area contributed by atoms with Gasteiger partial charge in [-0.1, -0.05) is 40.2 Å². The van der Waals surface area contributed by atoms with Crippen LogP contribution in [-0.2, 0) is 19.1 Å². The van der Waals surface area contributed by atoms with Gasteiger partial charge in [0.05, 0.1) is 13.2 Å². The van der Waals surface area contributed by atoms with E-state index < -0.39 is 0 Å². The molecule has 0 aliphatic carbocycles. The summed E-state index contributed by atoms with van der Waals surface area (Å²) in [5.74, 6) is -0.389. The summed E-state index contributed by atoms with van der Waals surface area (Å²) in [6, 6.07) is 0. The Labute approximate surface area is 117 Å². The minimum Gasteiger partial charge on any atom is -0.466 e. The van der Waals surface area contributed by atoms with Crippen LogP contribution in [0.3, 0.4) is 0 Å². The van der Waals surface area contributed by atoms with Gasteiger partial charge in [-0.25, -0.2) is 4.79 Å². The summed E-state index contributed by atoms with van der Waals surface area (Å²) in [7, 11) is 0. The Bertz CT molecular complexity index is 236. The molecule has 19 heavy (non-hydrogen) atoms. The highest BCUT2D eigenvalue weighted by Gasteiger charge is 1.97. The van der Waals surface area contributed by atoms with E-state index in [4.69, 9.17) is 4.74 Å². The largest absolute Gasteiger partial charge is 0.466 e. The van der Waals surface area contributed by atoms with E-state index in [1.54, 1.807) is 0 Å². The highest BCUT2D eigenvalue weighted by atomic mass is 16.5. The SMILES string of the molecule is C=CC(=O)OCCCC.CCCCOC(=O)CCC. The molecule has 4 heteroatoms. The van der Waals surface area contributed by atoms with E-state index >= 15 is 0 Å². The van der Waals surface area contributed by atoms with Crippen LogP contribution in [0.4, 0.5) is 0 Å². The first-order valence-electron chi connectivity index (χ1n) is 7.07. The number of carbonyl (C=O) groups excluding carboxylic acids is 2. The molecule has 0 aromatic rings. The summed E-state index contributed by atoms with van der Waals surface area (Å²) in [5, 5.41) is 0. The first-order chi connectivity index (χ1) is 9.12. The highest BCUT2D eigenvalue weighted by molar-refractivity contribution is 5.81. The molecule has 0 N–H and O–H groups in total. The predicted octanol–water partition coefficient (Wildman–Crippen LogP) is 3.65. The molecule has 0 rings (SSSR count). The van der Waals surface area contributed by atoms with Crippen molar-refractivity contribution in [2.24, 2.45) is 0 Å². The van der Waals surface area contributed by atoms with Crippen molar-refractivity contribution in [1.29, 1.82) is 0 Å². The standard InChI is InChI=1S/C8H16O2.C7H12O2/c1-3-5-7-10-8(9)6-4-2;1-3-5-6-9-7(8)4-2/h3-7H2,1-2H3;4H,2-3,5-6H2,1H3. The fourth-order valence-corrected chi connectivity index (χ4v) is 0.983. The van der Waals surface area contributed by atoms with Crippen LogP contribution in [0.1, 0.15) is 59.3 Å². The van der Waals surface area contributed by atoms with E-state index in [1.165, 1.54) is 6.08 Å². The van der Waals surface area contributed by atoms with E-state index in [9.17, 15) is 9.59 Å². The molecule has 0 heterocycles. The molecule has 0 bridgehead atoms. The van der Waals surface area contributed by atoms with Crippen LogP contribution in [0.25, 0.3) is 0 Å². The fraction of sp³-hybridized carbons (Fsp3) is 0.733. The zero-order valence-corrected chi connectivity index (χ0v) is 12.6. The topological polar surface area (TPSA) is 52.6 Å². The summed E-state index contributed by atoms with van der Waals surface area (Å²) in [4.78, 5) is 21.0. The van der Waals surface area contributed by atoms with Gasteiger partial charge in [0, 0.05) is 12.5 Å². The Kier molecular flexibility index (Phi) is 17.6. The van der Waals surface area contributed by atoms with E-state index in [0.29, 0.717) is 19.6 Å². The molecule has 0 saturated heterocycles. The maximum absolute atomic E-state index is 10.7. The van der Waals surface area contributed by atoms with Gasteiger partial charge < -0.3 is 9.47 Å². The van der Waals surface area contributed by atoms with Crippen LogP contribution in [-0.4, -0.2) is 25.2 Å². The summed E-state index contributed by atoms with van der Waals surface area (Å²) >= 11 is 0. The lowest BCUT2D eigenvalue weighted by Gasteiger charge is -2.00. The van der Waals surface area contributed by atoms with Crippen molar-refractivity contribution in [1.82, 2.24) is 0 Å². The second-order valence-corrected chi connectivity index (χ2v) is 4.05. The third-order valence-corrected chi connectivity index (χ3v) is 2.12. The average molecular weight is 272 g/mol. The number of hydrogen-bond acceptors (Lipinski definition) is 4. The number of rotatable bonds is 9. The lowest BCUT2D eigenvalue weighted by atomic mass is 10.3. The van der Waals surface area contributed by atoms with Crippen LogP contribution in [0, 0.1) is 0 Å². The molecule has 0 unspecified atom stereocenters. The van der Waals surface area contributed by atoms with Gasteiger partial charge in [-0.05, 0) is 19.3 Å². The molecule has 4 nitrogen and oxygen atoms in total. The van der Waals surface area contributed by atoms with Gasteiger partial charge in [-0.15, -0.1) is 0 Å². The van der Waals surface area contributed by atoms with Gasteiger partial charge in [0.15, 0.2) is 0 Å². The van der Waals surface area contributed by atoms with Crippen LogP contribution < -0.4 is 0 Å². The zero-order valence-electron chi connectivity index (χ0n) is 12.6. The summed E-state index contributed by atoms with van der Waals surface area (Å²) in [5.41, 5.74) is 0. The minimum atomic E-state index is -0.330. The summed E-state index contributed by atoms with van der Waals surface area (Å²) in [6.07, 6.45) is 6.66. The Hall–Kier alpha value is -1.32. The van der Waals surface area contributed by atoms with Gasteiger partial charge in [-0.2, -0.15) is 0 Å². The Balaban J connectivity index is 0. The fourth-order valence-electron chi connectivity index (χ4n) is 0.983. The monoisotopic (exact) mass is 272 g/mol. The molecule has 0 aliphatic rings. The van der Waals surface area contributed by atoms with Crippen LogP contribution in [0.2, 0.25) is 0 Å². The maximum atomic E-state index is 10.7. The second-order valence-electron chi connectivity index (χ2n) is 4.05. The molecule has 0 atom stereocenters. The molecule has 0 aliphatic heterocycles. The molecule has 0 radical (unpaired) electrons. The van der Waals surface area contributed by atoms with Crippen molar-refractivity contribution in [2.75, 3.05) is 13.2 Å². The number of unbranched alkanes of at least 4 members (excludes halogenated alkanes) is 2. The van der Waals surface area contributed by atoms with Gasteiger partial charge in [0.1, 0.15) is 0 Å². The number of ether oxygens (including phenoxy) is 2. The third-order valence-electron chi connectivity index (χ3n) is 2.12. The Morgan fingerprint density at radius 1 is 0.947 bits per heavy atom. The van der Waals surface area contributed by atoms with Gasteiger partial charge in [0.2, 0.25) is 0 Å². The van der Waals surface area contributed by atoms with Gasteiger partial charge in [-0.3, -0.25) is 4.79 Å². The van der Waals surface area contributed by atoms with E-state index in [1.807, 2.05) is 13.8 Å². The number of esters is 2. The normalized spacial score (nSPS) is 9.00. The molecule has 0 saturated carbocycles. The number of carbonyl (C=O) groups is 2. The lowest BCUT2D eigenvalue weighted by molar-refractivity contribution is -0.143. The molecular weight excluding hydrogens is 244 g/mol.